The molecule has 198 valence electrons. The Morgan fingerprint density at radius 2 is 1.76 bits per heavy atom. The fourth-order valence-electron chi connectivity index (χ4n) is 4.69. The molecule has 4 rings (SSSR count). The molecule has 0 saturated carbocycles. The van der Waals surface area contributed by atoms with E-state index in [-0.39, 0.29) is 5.91 Å². The first-order chi connectivity index (χ1) is 18.6. The van der Waals surface area contributed by atoms with Crippen molar-refractivity contribution in [2.24, 2.45) is 11.0 Å². The van der Waals surface area contributed by atoms with Crippen molar-refractivity contribution in [2.45, 2.75) is 32.7 Å². The molecule has 0 radical (unpaired) electrons. The zero-order valence-electron chi connectivity index (χ0n) is 22.1. The van der Waals surface area contributed by atoms with Crippen molar-refractivity contribution in [3.63, 3.8) is 0 Å². The van der Waals surface area contributed by atoms with Gasteiger partial charge in [0.05, 0.1) is 12.8 Å². The second kappa shape index (κ2) is 14.1. The molecule has 1 heterocycles. The van der Waals surface area contributed by atoms with Crippen LogP contribution in [-0.4, -0.2) is 43.3 Å². The minimum absolute atomic E-state index is 0.245. The van der Waals surface area contributed by atoms with Gasteiger partial charge in [0.25, 0.3) is 5.91 Å². The van der Waals surface area contributed by atoms with Crippen molar-refractivity contribution in [1.29, 1.82) is 0 Å². The van der Waals surface area contributed by atoms with E-state index in [0.717, 1.165) is 31.1 Å². The molecule has 1 fully saturated rings. The number of hydrogen-bond acceptors (Lipinski definition) is 5. The Morgan fingerprint density at radius 1 is 1.00 bits per heavy atom. The third-order valence-electron chi connectivity index (χ3n) is 6.70. The first-order valence-corrected chi connectivity index (χ1v) is 13.3. The monoisotopic (exact) mass is 511 g/mol. The highest BCUT2D eigenvalue weighted by Crippen LogP contribution is 2.28. The molecule has 38 heavy (non-hydrogen) atoms. The Bertz CT molecular complexity index is 1200. The molecule has 0 atom stereocenters. The summed E-state index contributed by atoms with van der Waals surface area (Å²) < 4.78 is 11.3. The fourth-order valence-corrected chi connectivity index (χ4v) is 4.69. The maximum Gasteiger partial charge on any atom is 0.271 e. The Balaban J connectivity index is 1.24. The van der Waals surface area contributed by atoms with Gasteiger partial charge in [0.2, 0.25) is 0 Å². The van der Waals surface area contributed by atoms with Crippen molar-refractivity contribution < 1.29 is 14.3 Å². The molecule has 0 bridgehead atoms. The molecule has 0 aliphatic carbocycles. The molecule has 6 heteroatoms. The van der Waals surface area contributed by atoms with Crippen LogP contribution in [0.5, 0.6) is 11.5 Å². The zero-order valence-corrected chi connectivity index (χ0v) is 22.1. The van der Waals surface area contributed by atoms with E-state index < -0.39 is 0 Å². The normalized spacial score (nSPS) is 14.3. The van der Waals surface area contributed by atoms with Crippen LogP contribution in [0.4, 0.5) is 0 Å². The molecule has 1 aliphatic rings. The van der Waals surface area contributed by atoms with Crippen molar-refractivity contribution in [3.05, 3.63) is 108 Å². The topological polar surface area (TPSA) is 63.2 Å². The van der Waals surface area contributed by atoms with E-state index in [9.17, 15) is 4.79 Å². The van der Waals surface area contributed by atoms with Crippen LogP contribution in [0.2, 0.25) is 0 Å². The van der Waals surface area contributed by atoms with Gasteiger partial charge in [-0.1, -0.05) is 55.1 Å². The minimum atomic E-state index is -0.245. The third-order valence-corrected chi connectivity index (χ3v) is 6.70. The van der Waals surface area contributed by atoms with Crippen LogP contribution in [0.3, 0.4) is 0 Å². The van der Waals surface area contributed by atoms with Gasteiger partial charge in [0.15, 0.2) is 11.5 Å². The van der Waals surface area contributed by atoms with Gasteiger partial charge in [-0.3, -0.25) is 9.69 Å². The van der Waals surface area contributed by atoms with Crippen LogP contribution in [-0.2, 0) is 13.0 Å². The Hall–Kier alpha value is -3.90. The molecule has 6 nitrogen and oxygen atoms in total. The van der Waals surface area contributed by atoms with E-state index in [1.807, 2.05) is 49.4 Å². The van der Waals surface area contributed by atoms with Gasteiger partial charge in [-0.05, 0) is 92.2 Å². The summed E-state index contributed by atoms with van der Waals surface area (Å²) in [5.74, 6) is 1.78. The van der Waals surface area contributed by atoms with Crippen LogP contribution in [0, 0.1) is 5.92 Å². The summed E-state index contributed by atoms with van der Waals surface area (Å²) in [6, 6.07) is 24.1. The predicted molar refractivity (Wildman–Crippen MR) is 153 cm³/mol. The molecule has 0 aromatic heterocycles. The Kier molecular flexibility index (Phi) is 10.1. The van der Waals surface area contributed by atoms with Crippen LogP contribution < -0.4 is 14.9 Å². The molecule has 1 N–H and O–H groups in total. The third kappa shape index (κ3) is 8.05. The lowest BCUT2D eigenvalue weighted by molar-refractivity contribution is 0.0955. The number of rotatable bonds is 12. The van der Waals surface area contributed by atoms with E-state index in [1.54, 1.807) is 12.3 Å². The van der Waals surface area contributed by atoms with E-state index in [1.165, 1.54) is 30.4 Å². The van der Waals surface area contributed by atoms with Gasteiger partial charge in [-0.2, -0.15) is 5.10 Å². The van der Waals surface area contributed by atoms with E-state index in [2.05, 4.69) is 52.3 Å². The van der Waals surface area contributed by atoms with Crippen molar-refractivity contribution in [2.75, 3.05) is 26.3 Å². The lowest BCUT2D eigenvalue weighted by Crippen LogP contribution is -2.33. The van der Waals surface area contributed by atoms with E-state index in [0.29, 0.717) is 30.3 Å². The molecule has 0 spiro atoms. The number of nitrogens with zero attached hydrogens (tertiary/aromatic N) is 2. The maximum atomic E-state index is 12.6. The molecular weight excluding hydrogens is 474 g/mol. The molecule has 1 amide bonds. The van der Waals surface area contributed by atoms with Gasteiger partial charge in [0.1, 0.15) is 6.61 Å². The number of hydrazone groups is 1. The lowest BCUT2D eigenvalue weighted by atomic mass is 9.90. The summed E-state index contributed by atoms with van der Waals surface area (Å²) in [6.07, 6.45) is 6.90. The highest BCUT2D eigenvalue weighted by atomic mass is 16.5. The molecule has 3 aromatic rings. The number of carbonyl (C=O) groups excluding carboxylic acids is 1. The summed E-state index contributed by atoms with van der Waals surface area (Å²) in [6.45, 7) is 9.63. The van der Waals surface area contributed by atoms with E-state index >= 15 is 0 Å². The molecule has 1 saturated heterocycles. The van der Waals surface area contributed by atoms with Crippen LogP contribution in [0.1, 0.15) is 46.8 Å². The quantitative estimate of drug-likeness (QED) is 0.188. The van der Waals surface area contributed by atoms with Crippen molar-refractivity contribution in [1.82, 2.24) is 10.3 Å². The van der Waals surface area contributed by atoms with E-state index in [4.69, 9.17) is 9.47 Å². The van der Waals surface area contributed by atoms with Gasteiger partial charge in [-0.15, -0.1) is 0 Å². The zero-order chi connectivity index (χ0) is 26.6. The van der Waals surface area contributed by atoms with Crippen molar-refractivity contribution >= 4 is 12.1 Å². The largest absolute Gasteiger partial charge is 0.490 e. The first-order valence-electron chi connectivity index (χ1n) is 13.3. The number of amides is 1. The molecule has 0 unspecified atom stereocenters. The smallest absolute Gasteiger partial charge is 0.271 e. The molecule has 3 aromatic carbocycles. The highest BCUT2D eigenvalue weighted by molar-refractivity contribution is 5.95. The number of likely N-dealkylation sites (tertiary alicyclic amines) is 1. The Morgan fingerprint density at radius 3 is 2.47 bits per heavy atom. The standard InChI is InChI=1S/C32H37N3O3/c1-3-20-38-30-15-12-28(22-31(30)37-4-2)23-33-34-32(36)29-13-10-27(11-14-29)24-35-18-16-26(17-19-35)21-25-8-6-5-7-9-25/h3,5-15,22-23,26H,1,4,16-21,24H2,2H3,(H,34,36)/b33-23-. The van der Waals surface area contributed by atoms with Crippen molar-refractivity contribution in [3.8, 4) is 11.5 Å². The lowest BCUT2D eigenvalue weighted by Gasteiger charge is -2.32. The number of piperidine rings is 1. The number of carbonyl (C=O) groups is 1. The number of nitrogens with one attached hydrogen (secondary N) is 1. The summed E-state index contributed by atoms with van der Waals surface area (Å²) in [4.78, 5) is 15.1. The minimum Gasteiger partial charge on any atom is -0.490 e. The van der Waals surface area contributed by atoms with Crippen LogP contribution in [0.25, 0.3) is 0 Å². The second-order valence-corrected chi connectivity index (χ2v) is 9.54. The summed E-state index contributed by atoms with van der Waals surface area (Å²) >= 11 is 0. The van der Waals surface area contributed by atoms with Gasteiger partial charge in [0, 0.05) is 12.1 Å². The predicted octanol–water partition coefficient (Wildman–Crippen LogP) is 5.87. The van der Waals surface area contributed by atoms with Crippen LogP contribution in [0.15, 0.2) is 90.6 Å². The summed E-state index contributed by atoms with van der Waals surface area (Å²) in [5, 5.41) is 4.12. The first kappa shape index (κ1) is 27.1. The maximum absolute atomic E-state index is 12.6. The average molecular weight is 512 g/mol. The summed E-state index contributed by atoms with van der Waals surface area (Å²) in [7, 11) is 0. The molecule has 1 aliphatic heterocycles. The molecular formula is C32H37N3O3. The fraction of sp³-hybridized carbons (Fsp3) is 0.312. The van der Waals surface area contributed by atoms with Crippen LogP contribution >= 0.6 is 0 Å². The summed E-state index contributed by atoms with van der Waals surface area (Å²) in [5.41, 5.74) is 6.63. The van der Waals surface area contributed by atoms with Gasteiger partial charge in [-0.25, -0.2) is 5.43 Å². The van der Waals surface area contributed by atoms with Gasteiger partial charge >= 0.3 is 0 Å². The number of benzene rings is 3. The van der Waals surface area contributed by atoms with Gasteiger partial charge < -0.3 is 9.47 Å². The SMILES string of the molecule is C=CCOc1ccc(/C=N\NC(=O)c2ccc(CN3CCC(Cc4ccccc4)CC3)cc2)cc1OCC. The average Bonchev–Trinajstić information content (AvgIpc) is 2.95. The Labute approximate surface area is 226 Å². The second-order valence-electron chi connectivity index (χ2n) is 9.54. The number of hydrogen-bond donors (Lipinski definition) is 1. The highest BCUT2D eigenvalue weighted by Gasteiger charge is 2.19. The number of ether oxygens (including phenoxy) is 2.